The molecule has 0 saturated heterocycles. The zero-order valence-corrected chi connectivity index (χ0v) is 13.3. The van der Waals surface area contributed by atoms with Crippen molar-refractivity contribution < 1.29 is 9.59 Å². The lowest BCUT2D eigenvalue weighted by Crippen LogP contribution is -2.39. The van der Waals surface area contributed by atoms with Crippen molar-refractivity contribution in [2.24, 2.45) is 5.73 Å². The highest BCUT2D eigenvalue weighted by Crippen LogP contribution is 2.26. The van der Waals surface area contributed by atoms with E-state index in [1.807, 2.05) is 22.0 Å². The molecular formula is C14H16N6O2S. The lowest BCUT2D eigenvalue weighted by Gasteiger charge is -2.11. The molecule has 0 unspecified atom stereocenters. The van der Waals surface area contributed by atoms with E-state index in [1.165, 1.54) is 11.8 Å². The number of rotatable bonds is 6. The Bertz CT molecular complexity index is 715. The summed E-state index contributed by atoms with van der Waals surface area (Å²) < 4.78 is 1.83. The van der Waals surface area contributed by atoms with Crippen LogP contribution in [0.15, 0.2) is 42.3 Å². The van der Waals surface area contributed by atoms with E-state index in [1.54, 1.807) is 25.4 Å². The third kappa shape index (κ3) is 4.16. The first-order chi connectivity index (χ1) is 11.0. The van der Waals surface area contributed by atoms with Crippen LogP contribution in [0.2, 0.25) is 0 Å². The third-order valence-electron chi connectivity index (χ3n) is 2.86. The van der Waals surface area contributed by atoms with E-state index in [2.05, 4.69) is 21.8 Å². The predicted octanol–water partition coefficient (Wildman–Crippen LogP) is 1.20. The Hall–Kier alpha value is -2.68. The molecule has 8 nitrogen and oxygen atoms in total. The van der Waals surface area contributed by atoms with Crippen molar-refractivity contribution in [1.29, 1.82) is 0 Å². The van der Waals surface area contributed by atoms with Crippen molar-refractivity contribution in [3.05, 3.63) is 37.2 Å². The molecule has 0 spiro atoms. The van der Waals surface area contributed by atoms with Crippen LogP contribution in [-0.2, 0) is 11.3 Å². The number of imide groups is 1. The lowest BCUT2D eigenvalue weighted by atomic mass is 10.2. The van der Waals surface area contributed by atoms with Crippen molar-refractivity contribution in [1.82, 2.24) is 25.1 Å². The minimum atomic E-state index is -0.882. The molecular weight excluding hydrogens is 316 g/mol. The Morgan fingerprint density at radius 1 is 1.43 bits per heavy atom. The maximum Gasteiger partial charge on any atom is 0.318 e. The Morgan fingerprint density at radius 3 is 2.74 bits per heavy atom. The Balaban J connectivity index is 2.26. The minimum absolute atomic E-state index is 0.483. The highest BCUT2D eigenvalue weighted by molar-refractivity contribution is 8.00. The fourth-order valence-corrected chi connectivity index (χ4v) is 2.68. The van der Waals surface area contributed by atoms with Gasteiger partial charge in [0.2, 0.25) is 5.91 Å². The van der Waals surface area contributed by atoms with Crippen molar-refractivity contribution in [2.75, 3.05) is 0 Å². The number of nitrogens with two attached hydrogens (primary N) is 1. The number of amides is 3. The van der Waals surface area contributed by atoms with Crippen LogP contribution in [0.5, 0.6) is 0 Å². The van der Waals surface area contributed by atoms with Gasteiger partial charge >= 0.3 is 6.03 Å². The van der Waals surface area contributed by atoms with E-state index in [9.17, 15) is 9.59 Å². The van der Waals surface area contributed by atoms with Gasteiger partial charge in [-0.2, -0.15) is 0 Å². The quantitative estimate of drug-likeness (QED) is 0.606. The Kier molecular flexibility index (Phi) is 5.47. The second kappa shape index (κ2) is 7.54. The van der Waals surface area contributed by atoms with Gasteiger partial charge in [-0.15, -0.1) is 16.8 Å². The monoisotopic (exact) mass is 332 g/mol. The van der Waals surface area contributed by atoms with Crippen LogP contribution in [0.1, 0.15) is 6.92 Å². The number of carbonyl (C=O) groups is 2. The number of carbonyl (C=O) groups excluding carboxylic acids is 2. The summed E-state index contributed by atoms with van der Waals surface area (Å²) in [6, 6.07) is 2.76. The van der Waals surface area contributed by atoms with Gasteiger partial charge in [0.1, 0.15) is 0 Å². The van der Waals surface area contributed by atoms with Gasteiger partial charge in [-0.05, 0) is 19.1 Å². The molecule has 0 radical (unpaired) electrons. The zero-order chi connectivity index (χ0) is 16.8. The summed E-state index contributed by atoms with van der Waals surface area (Å²) >= 11 is 1.18. The van der Waals surface area contributed by atoms with Crippen LogP contribution in [0.4, 0.5) is 4.79 Å². The van der Waals surface area contributed by atoms with E-state index in [4.69, 9.17) is 5.73 Å². The normalized spacial score (nSPS) is 11.7. The number of aromatic nitrogens is 4. The molecule has 0 aliphatic heterocycles. The van der Waals surface area contributed by atoms with Crippen LogP contribution >= 0.6 is 11.8 Å². The molecule has 0 bridgehead atoms. The fraction of sp³-hybridized carbons (Fsp3) is 0.214. The van der Waals surface area contributed by atoms with E-state index in [-0.39, 0.29) is 0 Å². The second-order valence-electron chi connectivity index (χ2n) is 4.55. The lowest BCUT2D eigenvalue weighted by molar-refractivity contribution is -0.119. The molecule has 0 aromatic carbocycles. The van der Waals surface area contributed by atoms with Crippen molar-refractivity contribution in [3.63, 3.8) is 0 Å². The summed E-state index contributed by atoms with van der Waals surface area (Å²) in [6.45, 7) is 5.86. The highest BCUT2D eigenvalue weighted by Gasteiger charge is 2.21. The number of thioether (sulfide) groups is 1. The van der Waals surface area contributed by atoms with Gasteiger partial charge in [-0.1, -0.05) is 17.8 Å². The molecule has 0 saturated carbocycles. The molecule has 2 aromatic heterocycles. The number of primary amides is 1. The van der Waals surface area contributed by atoms with Crippen LogP contribution < -0.4 is 11.1 Å². The Labute approximate surface area is 137 Å². The van der Waals surface area contributed by atoms with Gasteiger partial charge < -0.3 is 5.73 Å². The maximum atomic E-state index is 11.8. The first-order valence-electron chi connectivity index (χ1n) is 6.74. The molecule has 2 heterocycles. The number of pyridine rings is 1. The molecule has 0 aliphatic carbocycles. The average molecular weight is 332 g/mol. The second-order valence-corrected chi connectivity index (χ2v) is 5.86. The summed E-state index contributed by atoms with van der Waals surface area (Å²) in [7, 11) is 0. The Morgan fingerprint density at radius 2 is 2.13 bits per heavy atom. The van der Waals surface area contributed by atoms with Gasteiger partial charge in [-0.25, -0.2) is 4.79 Å². The molecule has 23 heavy (non-hydrogen) atoms. The summed E-state index contributed by atoms with van der Waals surface area (Å²) in [5.41, 5.74) is 5.81. The zero-order valence-electron chi connectivity index (χ0n) is 12.5. The first kappa shape index (κ1) is 16.7. The van der Waals surface area contributed by atoms with Gasteiger partial charge in [0.15, 0.2) is 11.0 Å². The van der Waals surface area contributed by atoms with Gasteiger partial charge in [-0.3, -0.25) is 19.7 Å². The molecule has 0 fully saturated rings. The van der Waals surface area contributed by atoms with Gasteiger partial charge in [0.05, 0.1) is 5.25 Å². The number of urea groups is 1. The third-order valence-corrected chi connectivity index (χ3v) is 3.95. The summed E-state index contributed by atoms with van der Waals surface area (Å²) in [6.07, 6.45) is 5.04. The van der Waals surface area contributed by atoms with Crippen molar-refractivity contribution >= 4 is 23.7 Å². The number of hydrogen-bond acceptors (Lipinski definition) is 6. The SMILES string of the molecule is C=CCn1c(S[C@@H](C)C(=O)NC(N)=O)nnc1-c1ccncc1. The van der Waals surface area contributed by atoms with Gasteiger partial charge in [0, 0.05) is 24.5 Å². The number of allylic oxidation sites excluding steroid dienone is 1. The average Bonchev–Trinajstić information content (AvgIpc) is 2.90. The van der Waals surface area contributed by atoms with E-state index in [0.717, 1.165) is 5.56 Å². The molecule has 2 rings (SSSR count). The van der Waals surface area contributed by atoms with Crippen molar-refractivity contribution in [2.45, 2.75) is 23.9 Å². The predicted molar refractivity (Wildman–Crippen MR) is 86.5 cm³/mol. The van der Waals surface area contributed by atoms with Crippen molar-refractivity contribution in [3.8, 4) is 11.4 Å². The van der Waals surface area contributed by atoms with Crippen LogP contribution in [-0.4, -0.2) is 36.9 Å². The summed E-state index contributed by atoms with van der Waals surface area (Å²) in [5.74, 6) is 0.165. The molecule has 1 atom stereocenters. The molecule has 120 valence electrons. The van der Waals surface area contributed by atoms with E-state index < -0.39 is 17.2 Å². The summed E-state index contributed by atoms with van der Waals surface area (Å²) in [4.78, 5) is 26.5. The maximum absolute atomic E-state index is 11.8. The topological polar surface area (TPSA) is 116 Å². The number of hydrogen-bond donors (Lipinski definition) is 2. The van der Waals surface area contributed by atoms with E-state index >= 15 is 0 Å². The highest BCUT2D eigenvalue weighted by atomic mass is 32.2. The molecule has 3 amide bonds. The molecule has 2 aromatic rings. The van der Waals surface area contributed by atoms with Crippen LogP contribution in [0.25, 0.3) is 11.4 Å². The largest absolute Gasteiger partial charge is 0.351 e. The van der Waals surface area contributed by atoms with Crippen LogP contribution in [0, 0.1) is 0 Å². The number of nitrogens with zero attached hydrogens (tertiary/aromatic N) is 4. The minimum Gasteiger partial charge on any atom is -0.351 e. The molecule has 3 N–H and O–H groups in total. The number of nitrogens with one attached hydrogen (secondary N) is 1. The molecule has 9 heteroatoms. The van der Waals surface area contributed by atoms with Crippen LogP contribution in [0.3, 0.4) is 0 Å². The fourth-order valence-electron chi connectivity index (χ4n) is 1.82. The standard InChI is InChI=1S/C14H16N6O2S/c1-3-8-20-11(10-4-6-16-7-5-10)18-19-14(20)23-9(2)12(21)17-13(15)22/h3-7,9H,1,8H2,2H3,(H3,15,17,21,22)/t9-/m0/s1. The van der Waals surface area contributed by atoms with Gasteiger partial charge in [0.25, 0.3) is 0 Å². The summed E-state index contributed by atoms with van der Waals surface area (Å²) in [5, 5.41) is 10.3. The smallest absolute Gasteiger partial charge is 0.318 e. The first-order valence-corrected chi connectivity index (χ1v) is 7.62. The van der Waals surface area contributed by atoms with E-state index in [0.29, 0.717) is 17.5 Å². The molecule has 0 aliphatic rings.